The summed E-state index contributed by atoms with van der Waals surface area (Å²) < 4.78 is 44.7. The van der Waals surface area contributed by atoms with Crippen LogP contribution in [0.2, 0.25) is 0 Å². The zero-order valence-electron chi connectivity index (χ0n) is 18.1. The Morgan fingerprint density at radius 3 is 2.37 bits per heavy atom. The summed E-state index contributed by atoms with van der Waals surface area (Å²) in [5, 5.41) is 3.53. The van der Waals surface area contributed by atoms with Gasteiger partial charge in [-0.15, -0.1) is 0 Å². The van der Waals surface area contributed by atoms with E-state index in [2.05, 4.69) is 46.4 Å². The number of ether oxygens (including phenoxy) is 1. The van der Waals surface area contributed by atoms with Crippen molar-refractivity contribution in [2.75, 3.05) is 53.0 Å². The molecule has 0 amide bonds. The molecule has 3 rings (SSSR count). The molecule has 1 aromatic rings. The van der Waals surface area contributed by atoms with Crippen molar-refractivity contribution in [1.82, 2.24) is 15.1 Å². The largest absolute Gasteiger partial charge is 0.403 e. The molecule has 2 fully saturated rings. The molecule has 2 aliphatic heterocycles. The number of hydrogen-bond acceptors (Lipinski definition) is 3. The minimum absolute atomic E-state index is 0.0356. The second kappa shape index (κ2) is 9.56. The molecule has 0 saturated carbocycles. The second-order valence-corrected chi connectivity index (χ2v) is 8.35. The number of rotatable bonds is 4. The third-order valence-electron chi connectivity index (χ3n) is 6.60. The number of alkyl halides is 3. The maximum Gasteiger partial charge on any atom is 0.403 e. The summed E-state index contributed by atoms with van der Waals surface area (Å²) in [7, 11) is 1.73. The van der Waals surface area contributed by atoms with Crippen LogP contribution in [0.3, 0.4) is 0 Å². The average molecular weight is 427 g/mol. The summed E-state index contributed by atoms with van der Waals surface area (Å²) >= 11 is 0. The normalized spacial score (nSPS) is 22.1. The van der Waals surface area contributed by atoms with Crippen LogP contribution in [0.5, 0.6) is 0 Å². The highest BCUT2D eigenvalue weighted by atomic mass is 19.4. The minimum atomic E-state index is -4.19. The molecule has 1 atom stereocenters. The van der Waals surface area contributed by atoms with Crippen molar-refractivity contribution in [2.45, 2.75) is 44.3 Å². The first kappa shape index (κ1) is 22.9. The van der Waals surface area contributed by atoms with Gasteiger partial charge >= 0.3 is 6.18 Å². The molecule has 0 radical (unpaired) electrons. The molecule has 2 saturated heterocycles. The number of aryl methyl sites for hydroxylation is 1. The molecule has 5 nitrogen and oxygen atoms in total. The lowest BCUT2D eigenvalue weighted by molar-refractivity contribution is -0.181. The zero-order chi connectivity index (χ0) is 21.8. The molecule has 168 valence electrons. The van der Waals surface area contributed by atoms with Gasteiger partial charge in [0.2, 0.25) is 0 Å². The Bertz CT molecular complexity index is 723. The molecule has 2 aliphatic rings. The lowest BCUT2D eigenvalue weighted by Gasteiger charge is -2.42. The standard InChI is InChI=1S/C22H33F3N4O/c1-17-6-4-5-7-19(17)21(8-14-30-15-9-21)16-27-20(26-3)29-12-10-28(11-13-29)18(2)22(23,24)25/h4-7,18H,8-16H2,1-3H3,(H,26,27). The van der Waals surface area contributed by atoms with Crippen LogP contribution < -0.4 is 5.32 Å². The Morgan fingerprint density at radius 1 is 1.17 bits per heavy atom. The van der Waals surface area contributed by atoms with Crippen LogP contribution in [-0.2, 0) is 10.2 Å². The number of halogens is 3. The van der Waals surface area contributed by atoms with Gasteiger partial charge in [-0.1, -0.05) is 24.3 Å². The van der Waals surface area contributed by atoms with Crippen LogP contribution in [-0.4, -0.2) is 81.0 Å². The highest BCUT2D eigenvalue weighted by Gasteiger charge is 2.41. The Labute approximate surface area is 177 Å². The van der Waals surface area contributed by atoms with Gasteiger partial charge in [-0.05, 0) is 37.8 Å². The van der Waals surface area contributed by atoms with E-state index in [1.165, 1.54) is 23.0 Å². The van der Waals surface area contributed by atoms with Gasteiger partial charge in [0.15, 0.2) is 5.96 Å². The van der Waals surface area contributed by atoms with Gasteiger partial charge < -0.3 is 15.0 Å². The van der Waals surface area contributed by atoms with Crippen molar-refractivity contribution >= 4 is 5.96 Å². The summed E-state index contributed by atoms with van der Waals surface area (Å²) in [5.74, 6) is 0.758. The van der Waals surface area contributed by atoms with Gasteiger partial charge in [-0.25, -0.2) is 0 Å². The zero-order valence-corrected chi connectivity index (χ0v) is 18.1. The molecular formula is C22H33F3N4O. The molecule has 1 N–H and O–H groups in total. The van der Waals surface area contributed by atoms with E-state index in [0.29, 0.717) is 26.2 Å². The fourth-order valence-corrected chi connectivity index (χ4v) is 4.58. The highest BCUT2D eigenvalue weighted by molar-refractivity contribution is 5.80. The van der Waals surface area contributed by atoms with E-state index >= 15 is 0 Å². The molecule has 0 bridgehead atoms. The Balaban J connectivity index is 1.65. The van der Waals surface area contributed by atoms with Crippen LogP contribution in [0.25, 0.3) is 0 Å². The van der Waals surface area contributed by atoms with Crippen molar-refractivity contribution in [3.63, 3.8) is 0 Å². The van der Waals surface area contributed by atoms with Crippen molar-refractivity contribution in [3.8, 4) is 0 Å². The number of guanidine groups is 1. The first-order valence-electron chi connectivity index (χ1n) is 10.7. The third kappa shape index (κ3) is 5.09. The van der Waals surface area contributed by atoms with Gasteiger partial charge in [0.05, 0.1) is 0 Å². The molecular weight excluding hydrogens is 393 g/mol. The van der Waals surface area contributed by atoms with Crippen LogP contribution in [0, 0.1) is 6.92 Å². The van der Waals surface area contributed by atoms with Crippen molar-refractivity contribution in [1.29, 1.82) is 0 Å². The monoisotopic (exact) mass is 426 g/mol. The Kier molecular flexibility index (Phi) is 7.29. The first-order valence-corrected chi connectivity index (χ1v) is 10.7. The van der Waals surface area contributed by atoms with E-state index in [-0.39, 0.29) is 5.41 Å². The number of nitrogens with one attached hydrogen (secondary N) is 1. The van der Waals surface area contributed by atoms with Gasteiger partial charge in [0.25, 0.3) is 0 Å². The van der Waals surface area contributed by atoms with Crippen molar-refractivity contribution in [2.24, 2.45) is 4.99 Å². The quantitative estimate of drug-likeness (QED) is 0.593. The molecule has 2 heterocycles. The summed E-state index contributed by atoms with van der Waals surface area (Å²) in [6.07, 6.45) is -2.33. The number of benzene rings is 1. The molecule has 0 spiro atoms. The lowest BCUT2D eigenvalue weighted by Crippen LogP contribution is -2.58. The van der Waals surface area contributed by atoms with Crippen LogP contribution >= 0.6 is 0 Å². The maximum absolute atomic E-state index is 13.0. The minimum Gasteiger partial charge on any atom is -0.381 e. The molecule has 0 aromatic heterocycles. The lowest BCUT2D eigenvalue weighted by atomic mass is 9.72. The van der Waals surface area contributed by atoms with E-state index < -0.39 is 12.2 Å². The van der Waals surface area contributed by atoms with Crippen LogP contribution in [0.4, 0.5) is 13.2 Å². The van der Waals surface area contributed by atoms with E-state index in [4.69, 9.17) is 4.74 Å². The van der Waals surface area contributed by atoms with Gasteiger partial charge in [-0.2, -0.15) is 13.2 Å². The first-order chi connectivity index (χ1) is 14.3. The molecule has 1 aromatic carbocycles. The number of nitrogens with zero attached hydrogens (tertiary/aromatic N) is 3. The van der Waals surface area contributed by atoms with E-state index in [1.807, 2.05) is 0 Å². The Morgan fingerprint density at radius 2 is 1.80 bits per heavy atom. The second-order valence-electron chi connectivity index (χ2n) is 8.35. The smallest absolute Gasteiger partial charge is 0.381 e. The summed E-state index contributed by atoms with van der Waals surface area (Å²) in [6.45, 7) is 7.36. The van der Waals surface area contributed by atoms with Gasteiger partial charge in [0.1, 0.15) is 6.04 Å². The number of piperazine rings is 1. The van der Waals surface area contributed by atoms with E-state index in [1.54, 1.807) is 7.05 Å². The van der Waals surface area contributed by atoms with Crippen molar-refractivity contribution < 1.29 is 17.9 Å². The molecule has 1 unspecified atom stereocenters. The molecule has 8 heteroatoms. The van der Waals surface area contributed by atoms with Gasteiger partial charge in [0, 0.05) is 58.4 Å². The topological polar surface area (TPSA) is 40.1 Å². The fourth-order valence-electron chi connectivity index (χ4n) is 4.58. The van der Waals surface area contributed by atoms with Crippen molar-refractivity contribution in [3.05, 3.63) is 35.4 Å². The molecule has 0 aliphatic carbocycles. The van der Waals surface area contributed by atoms with Crippen LogP contribution in [0.15, 0.2) is 29.3 Å². The van der Waals surface area contributed by atoms with Gasteiger partial charge in [-0.3, -0.25) is 9.89 Å². The summed E-state index contributed by atoms with van der Waals surface area (Å²) in [5.41, 5.74) is 2.57. The average Bonchev–Trinajstić information content (AvgIpc) is 2.74. The number of aliphatic imine (C=N–C) groups is 1. The summed E-state index contributed by atoms with van der Waals surface area (Å²) in [6, 6.07) is 7.06. The number of hydrogen-bond donors (Lipinski definition) is 1. The Hall–Kier alpha value is -1.80. The van der Waals surface area contributed by atoms with E-state index in [0.717, 1.165) is 38.6 Å². The SMILES string of the molecule is CN=C(NCC1(c2ccccc2C)CCOCC1)N1CCN(C(C)C(F)(F)F)CC1. The van der Waals surface area contributed by atoms with E-state index in [9.17, 15) is 13.2 Å². The molecule has 30 heavy (non-hydrogen) atoms. The summed E-state index contributed by atoms with van der Waals surface area (Å²) in [4.78, 5) is 7.98. The fraction of sp³-hybridized carbons (Fsp3) is 0.682. The third-order valence-corrected chi connectivity index (χ3v) is 6.60. The highest BCUT2D eigenvalue weighted by Crippen LogP contribution is 2.36. The predicted molar refractivity (Wildman–Crippen MR) is 113 cm³/mol. The maximum atomic E-state index is 13.0. The predicted octanol–water partition coefficient (Wildman–Crippen LogP) is 3.19. The van der Waals surface area contributed by atoms with Crippen LogP contribution in [0.1, 0.15) is 30.9 Å².